The zero-order valence-electron chi connectivity index (χ0n) is 13.6. The number of halogens is 1. The number of rotatable bonds is 5. The molecule has 1 aliphatic heterocycles. The van der Waals surface area contributed by atoms with Crippen molar-refractivity contribution in [3.8, 4) is 5.69 Å². The fraction of sp³-hybridized carbons (Fsp3) is 0.438. The number of nitrogens with zero attached hydrogens (tertiary/aromatic N) is 4. The molecule has 0 spiro atoms. The van der Waals surface area contributed by atoms with Crippen LogP contribution in [-0.2, 0) is 9.53 Å². The lowest BCUT2D eigenvalue weighted by Gasteiger charge is -2.28. The lowest BCUT2D eigenvalue weighted by molar-refractivity contribution is -0.116. The minimum atomic E-state index is -0.329. The van der Waals surface area contributed by atoms with Crippen molar-refractivity contribution < 1.29 is 13.9 Å². The Morgan fingerprint density at radius 1 is 1.33 bits per heavy atom. The van der Waals surface area contributed by atoms with Crippen molar-refractivity contribution in [3.05, 3.63) is 30.1 Å². The Hall–Kier alpha value is -1.93. The largest absolute Gasteiger partial charge is 0.378 e. The predicted molar refractivity (Wildman–Crippen MR) is 90.3 cm³/mol. The number of benzene rings is 1. The van der Waals surface area contributed by atoms with Gasteiger partial charge < -0.3 is 9.64 Å². The van der Waals surface area contributed by atoms with Crippen LogP contribution in [0.15, 0.2) is 29.4 Å². The molecule has 0 N–H and O–H groups in total. The van der Waals surface area contributed by atoms with Gasteiger partial charge in [0.2, 0.25) is 5.95 Å². The first-order valence-electron chi connectivity index (χ1n) is 7.77. The van der Waals surface area contributed by atoms with Gasteiger partial charge in [0.1, 0.15) is 11.6 Å². The summed E-state index contributed by atoms with van der Waals surface area (Å²) >= 11 is 1.32. The van der Waals surface area contributed by atoms with E-state index in [0.29, 0.717) is 43.1 Å². The van der Waals surface area contributed by atoms with Crippen molar-refractivity contribution >= 4 is 23.5 Å². The molecule has 2 aromatic rings. The van der Waals surface area contributed by atoms with Crippen LogP contribution >= 0.6 is 11.8 Å². The topological polar surface area (TPSA) is 60.3 Å². The van der Waals surface area contributed by atoms with E-state index in [1.54, 1.807) is 23.6 Å². The van der Waals surface area contributed by atoms with Crippen LogP contribution in [0.1, 0.15) is 13.8 Å². The molecule has 1 atom stereocenters. The van der Waals surface area contributed by atoms with Crippen molar-refractivity contribution in [1.29, 1.82) is 0 Å². The third-order valence-corrected chi connectivity index (χ3v) is 4.99. The molecule has 1 aromatic heterocycles. The smallest absolute Gasteiger partial charge is 0.232 e. The number of thioether (sulfide) groups is 1. The van der Waals surface area contributed by atoms with Gasteiger partial charge in [-0.05, 0) is 32.0 Å². The number of ketones is 1. The summed E-state index contributed by atoms with van der Waals surface area (Å²) in [6.07, 6.45) is 0. The molecule has 1 fully saturated rings. The van der Waals surface area contributed by atoms with E-state index >= 15 is 0 Å². The lowest BCUT2D eigenvalue weighted by Crippen LogP contribution is -2.37. The molecule has 128 valence electrons. The van der Waals surface area contributed by atoms with Crippen molar-refractivity contribution in [3.63, 3.8) is 0 Å². The lowest BCUT2D eigenvalue weighted by atomic mass is 10.3. The average molecular weight is 350 g/mol. The van der Waals surface area contributed by atoms with E-state index in [-0.39, 0.29) is 16.9 Å². The molecule has 1 unspecified atom stereocenters. The van der Waals surface area contributed by atoms with Crippen molar-refractivity contribution in [1.82, 2.24) is 14.8 Å². The second-order valence-corrected chi connectivity index (χ2v) is 6.88. The molecule has 6 nitrogen and oxygen atoms in total. The first-order valence-corrected chi connectivity index (χ1v) is 8.65. The summed E-state index contributed by atoms with van der Waals surface area (Å²) in [5, 5.41) is 8.85. The Bertz CT molecular complexity index is 731. The molecule has 0 saturated carbocycles. The molecule has 2 heterocycles. The summed E-state index contributed by atoms with van der Waals surface area (Å²) in [5.74, 6) is 0.369. The van der Waals surface area contributed by atoms with Gasteiger partial charge in [0.15, 0.2) is 5.16 Å². The second-order valence-electron chi connectivity index (χ2n) is 5.57. The third kappa shape index (κ3) is 3.59. The Morgan fingerprint density at radius 2 is 2.08 bits per heavy atom. The summed E-state index contributed by atoms with van der Waals surface area (Å²) in [4.78, 5) is 13.7. The number of carbonyl (C=O) groups is 1. The molecule has 0 radical (unpaired) electrons. The monoisotopic (exact) mass is 350 g/mol. The maximum absolute atomic E-state index is 13.7. The molecular formula is C16H19FN4O2S. The first-order chi connectivity index (χ1) is 11.6. The first kappa shape index (κ1) is 16.9. The summed E-state index contributed by atoms with van der Waals surface area (Å²) in [6, 6.07) is 6.29. The van der Waals surface area contributed by atoms with Gasteiger partial charge in [0, 0.05) is 13.1 Å². The number of Topliss-reactive ketones (excluding diaryl/α,β-unsaturated/α-hetero) is 1. The Balaban J connectivity index is 2.02. The molecule has 1 aliphatic rings. The SMILES string of the molecule is CC(=O)C(C)Sc1nnc(N2CCOCC2)n1-c1cccc(F)c1. The van der Waals surface area contributed by atoms with Crippen LogP contribution in [0.5, 0.6) is 0 Å². The van der Waals surface area contributed by atoms with Gasteiger partial charge in [-0.3, -0.25) is 9.36 Å². The van der Waals surface area contributed by atoms with Gasteiger partial charge in [-0.1, -0.05) is 17.8 Å². The van der Waals surface area contributed by atoms with E-state index in [1.807, 2.05) is 6.92 Å². The maximum Gasteiger partial charge on any atom is 0.232 e. The fourth-order valence-corrected chi connectivity index (χ4v) is 3.25. The molecule has 0 aliphatic carbocycles. The van der Waals surface area contributed by atoms with Crippen LogP contribution in [0.4, 0.5) is 10.3 Å². The number of morpholine rings is 1. The summed E-state index contributed by atoms with van der Waals surface area (Å²) in [6.45, 7) is 5.99. The number of hydrogen-bond acceptors (Lipinski definition) is 6. The minimum Gasteiger partial charge on any atom is -0.378 e. The highest BCUT2D eigenvalue weighted by molar-refractivity contribution is 8.00. The number of anilines is 1. The number of ether oxygens (including phenoxy) is 1. The number of hydrogen-bond donors (Lipinski definition) is 0. The van der Waals surface area contributed by atoms with Crippen LogP contribution < -0.4 is 4.90 Å². The molecule has 1 saturated heterocycles. The highest BCUT2D eigenvalue weighted by Crippen LogP contribution is 2.30. The van der Waals surface area contributed by atoms with Crippen molar-refractivity contribution in [2.45, 2.75) is 24.3 Å². The van der Waals surface area contributed by atoms with Crippen LogP contribution in [0, 0.1) is 5.82 Å². The van der Waals surface area contributed by atoms with Crippen molar-refractivity contribution in [2.24, 2.45) is 0 Å². The van der Waals surface area contributed by atoms with E-state index in [0.717, 1.165) is 0 Å². The second kappa shape index (κ2) is 7.31. The standard InChI is InChI=1S/C16H19FN4O2S/c1-11(22)12(2)24-16-19-18-15(20-6-8-23-9-7-20)21(16)14-5-3-4-13(17)10-14/h3-5,10,12H,6-9H2,1-2H3. The molecule has 0 amide bonds. The molecular weight excluding hydrogens is 331 g/mol. The summed E-state index contributed by atoms with van der Waals surface area (Å²) < 4.78 is 20.9. The van der Waals surface area contributed by atoms with Crippen LogP contribution in [0.2, 0.25) is 0 Å². The van der Waals surface area contributed by atoms with E-state index in [1.165, 1.54) is 23.9 Å². The average Bonchev–Trinajstić information content (AvgIpc) is 2.99. The van der Waals surface area contributed by atoms with Crippen LogP contribution in [0.3, 0.4) is 0 Å². The quantitative estimate of drug-likeness (QED) is 0.771. The highest BCUT2D eigenvalue weighted by atomic mass is 32.2. The van der Waals surface area contributed by atoms with Gasteiger partial charge >= 0.3 is 0 Å². The Morgan fingerprint density at radius 3 is 2.75 bits per heavy atom. The maximum atomic E-state index is 13.7. The van der Waals surface area contributed by atoms with Gasteiger partial charge in [-0.15, -0.1) is 10.2 Å². The third-order valence-electron chi connectivity index (χ3n) is 3.83. The zero-order valence-corrected chi connectivity index (χ0v) is 14.4. The Labute approximate surface area is 144 Å². The highest BCUT2D eigenvalue weighted by Gasteiger charge is 2.24. The van der Waals surface area contributed by atoms with E-state index < -0.39 is 0 Å². The normalized spacial score (nSPS) is 16.2. The predicted octanol–water partition coefficient (Wildman–Crippen LogP) is 2.31. The van der Waals surface area contributed by atoms with E-state index in [2.05, 4.69) is 15.1 Å². The Kier molecular flexibility index (Phi) is 5.15. The molecule has 0 bridgehead atoms. The van der Waals surface area contributed by atoms with Gasteiger partial charge in [0.25, 0.3) is 0 Å². The van der Waals surface area contributed by atoms with Gasteiger partial charge in [-0.25, -0.2) is 4.39 Å². The van der Waals surface area contributed by atoms with Crippen molar-refractivity contribution in [2.75, 3.05) is 31.2 Å². The molecule has 24 heavy (non-hydrogen) atoms. The molecule has 1 aromatic carbocycles. The number of aromatic nitrogens is 3. The summed E-state index contributed by atoms with van der Waals surface area (Å²) in [7, 11) is 0. The fourth-order valence-electron chi connectivity index (χ4n) is 2.39. The van der Waals surface area contributed by atoms with E-state index in [9.17, 15) is 9.18 Å². The molecule has 3 rings (SSSR count). The van der Waals surface area contributed by atoms with Gasteiger partial charge in [-0.2, -0.15) is 0 Å². The van der Waals surface area contributed by atoms with E-state index in [4.69, 9.17) is 4.74 Å². The van der Waals surface area contributed by atoms with Gasteiger partial charge in [0.05, 0.1) is 24.2 Å². The van der Waals surface area contributed by atoms with Crippen LogP contribution in [-0.4, -0.2) is 52.1 Å². The number of carbonyl (C=O) groups excluding carboxylic acids is 1. The van der Waals surface area contributed by atoms with Crippen LogP contribution in [0.25, 0.3) is 5.69 Å². The molecule has 8 heteroatoms. The summed E-state index contributed by atoms with van der Waals surface area (Å²) in [5.41, 5.74) is 0.639. The minimum absolute atomic E-state index is 0.0571. The zero-order chi connectivity index (χ0) is 17.1.